The minimum Gasteiger partial charge on any atom is -0.478 e. The second-order valence-electron chi connectivity index (χ2n) is 4.19. The fraction of sp³-hybridized carbons (Fsp3) is 0.167. The molecule has 0 saturated heterocycles. The van der Waals surface area contributed by atoms with Crippen LogP contribution in [-0.4, -0.2) is 32.3 Å². The molecule has 1 aromatic carbocycles. The number of aromatic amines is 1. The van der Waals surface area contributed by atoms with Crippen LogP contribution in [0.15, 0.2) is 24.5 Å². The highest BCUT2D eigenvalue weighted by Crippen LogP contribution is 2.21. The van der Waals surface area contributed by atoms with Gasteiger partial charge in [0.15, 0.2) is 0 Å². The van der Waals surface area contributed by atoms with Crippen molar-refractivity contribution in [2.75, 3.05) is 5.32 Å². The molecule has 110 valence electrons. The van der Waals surface area contributed by atoms with Crippen molar-refractivity contribution in [1.82, 2.24) is 20.5 Å². The number of amides is 2. The minimum absolute atomic E-state index is 0.0538. The van der Waals surface area contributed by atoms with E-state index in [1.165, 1.54) is 24.5 Å². The summed E-state index contributed by atoms with van der Waals surface area (Å²) in [6, 6.07) is 3.12. The average molecular weight is 310 g/mol. The Balaban J connectivity index is 2.09. The lowest BCUT2D eigenvalue weighted by atomic mass is 10.2. The lowest BCUT2D eigenvalue weighted by Crippen LogP contribution is -2.32. The monoisotopic (exact) mass is 309 g/mol. The van der Waals surface area contributed by atoms with Gasteiger partial charge in [-0.1, -0.05) is 11.6 Å². The van der Waals surface area contributed by atoms with Gasteiger partial charge in [-0.3, -0.25) is 5.10 Å². The van der Waals surface area contributed by atoms with Gasteiger partial charge in [-0.25, -0.2) is 14.6 Å². The number of carbonyl (C=O) groups excluding carboxylic acids is 1. The summed E-state index contributed by atoms with van der Waals surface area (Å²) in [4.78, 5) is 26.9. The molecule has 2 amide bonds. The van der Waals surface area contributed by atoms with Crippen LogP contribution in [-0.2, 0) is 0 Å². The third-order valence-electron chi connectivity index (χ3n) is 2.65. The molecule has 9 heteroatoms. The molecule has 4 N–H and O–H groups in total. The third-order valence-corrected chi connectivity index (χ3v) is 2.89. The molecule has 8 nitrogen and oxygen atoms in total. The zero-order valence-electron chi connectivity index (χ0n) is 10.9. The van der Waals surface area contributed by atoms with Crippen molar-refractivity contribution in [1.29, 1.82) is 0 Å². The van der Waals surface area contributed by atoms with E-state index < -0.39 is 18.0 Å². The van der Waals surface area contributed by atoms with Gasteiger partial charge in [0.2, 0.25) is 0 Å². The first-order chi connectivity index (χ1) is 9.97. The highest BCUT2D eigenvalue weighted by molar-refractivity contribution is 6.31. The summed E-state index contributed by atoms with van der Waals surface area (Å²) in [6.45, 7) is 1.70. The molecular weight excluding hydrogens is 298 g/mol. The van der Waals surface area contributed by atoms with Crippen LogP contribution in [0.5, 0.6) is 0 Å². The van der Waals surface area contributed by atoms with Gasteiger partial charge >= 0.3 is 12.0 Å². The van der Waals surface area contributed by atoms with E-state index in [4.69, 9.17) is 16.7 Å². The van der Waals surface area contributed by atoms with E-state index in [1.807, 2.05) is 0 Å². The molecule has 0 bridgehead atoms. The Morgan fingerprint density at radius 1 is 1.43 bits per heavy atom. The molecule has 21 heavy (non-hydrogen) atoms. The van der Waals surface area contributed by atoms with Gasteiger partial charge in [0, 0.05) is 5.02 Å². The van der Waals surface area contributed by atoms with Crippen molar-refractivity contribution in [3.8, 4) is 0 Å². The Morgan fingerprint density at radius 3 is 2.81 bits per heavy atom. The van der Waals surface area contributed by atoms with Crippen LogP contribution in [0, 0.1) is 0 Å². The van der Waals surface area contributed by atoms with E-state index in [0.29, 0.717) is 10.8 Å². The summed E-state index contributed by atoms with van der Waals surface area (Å²) in [6.07, 6.45) is 1.32. The summed E-state index contributed by atoms with van der Waals surface area (Å²) < 4.78 is 0. The highest BCUT2D eigenvalue weighted by atomic mass is 35.5. The number of hydrogen-bond donors (Lipinski definition) is 4. The lowest BCUT2D eigenvalue weighted by molar-refractivity contribution is 0.0698. The Morgan fingerprint density at radius 2 is 2.19 bits per heavy atom. The molecule has 0 aliphatic heterocycles. The van der Waals surface area contributed by atoms with Crippen LogP contribution in [0.2, 0.25) is 5.02 Å². The second kappa shape index (κ2) is 6.23. The number of benzene rings is 1. The number of urea groups is 1. The number of H-pyrrole nitrogens is 1. The number of aromatic nitrogens is 3. The largest absolute Gasteiger partial charge is 0.478 e. The van der Waals surface area contributed by atoms with Crippen LogP contribution in [0.25, 0.3) is 0 Å². The fourth-order valence-corrected chi connectivity index (χ4v) is 1.83. The predicted molar refractivity (Wildman–Crippen MR) is 75.4 cm³/mol. The van der Waals surface area contributed by atoms with Crippen LogP contribution in [0.4, 0.5) is 10.5 Å². The van der Waals surface area contributed by atoms with Gasteiger partial charge in [-0.2, -0.15) is 5.10 Å². The van der Waals surface area contributed by atoms with Crippen molar-refractivity contribution in [2.45, 2.75) is 13.0 Å². The molecule has 0 aliphatic rings. The van der Waals surface area contributed by atoms with E-state index in [1.54, 1.807) is 6.92 Å². The number of rotatable bonds is 4. The number of carboxylic acids is 1. The number of carbonyl (C=O) groups is 2. The quantitative estimate of drug-likeness (QED) is 0.689. The van der Waals surface area contributed by atoms with Gasteiger partial charge in [0.1, 0.15) is 12.2 Å². The summed E-state index contributed by atoms with van der Waals surface area (Å²) >= 11 is 5.80. The minimum atomic E-state index is -1.16. The van der Waals surface area contributed by atoms with Gasteiger partial charge in [0.05, 0.1) is 17.3 Å². The Kier molecular flexibility index (Phi) is 4.39. The number of hydrogen-bond acceptors (Lipinski definition) is 4. The SMILES string of the molecule is CC(NC(=O)Nc1cc(Cl)ccc1C(=O)O)c1ncn[nH]1. The van der Waals surface area contributed by atoms with Crippen molar-refractivity contribution in [3.63, 3.8) is 0 Å². The normalized spacial score (nSPS) is 11.7. The van der Waals surface area contributed by atoms with Crippen LogP contribution >= 0.6 is 11.6 Å². The van der Waals surface area contributed by atoms with E-state index in [-0.39, 0.29) is 11.3 Å². The number of nitrogens with one attached hydrogen (secondary N) is 3. The first kappa shape index (κ1) is 14.8. The molecule has 2 rings (SSSR count). The Hall–Kier alpha value is -2.61. The van der Waals surface area contributed by atoms with Crippen LogP contribution in [0.3, 0.4) is 0 Å². The smallest absolute Gasteiger partial charge is 0.337 e. The predicted octanol–water partition coefficient (Wildman–Crippen LogP) is 2.04. The fourth-order valence-electron chi connectivity index (χ4n) is 1.65. The van der Waals surface area contributed by atoms with Crippen molar-refractivity contribution < 1.29 is 14.7 Å². The molecule has 1 aromatic heterocycles. The number of anilines is 1. The van der Waals surface area contributed by atoms with Gasteiger partial charge in [0.25, 0.3) is 0 Å². The zero-order chi connectivity index (χ0) is 15.4. The summed E-state index contributed by atoms with van der Waals surface area (Å²) in [7, 11) is 0. The third kappa shape index (κ3) is 3.69. The maximum Gasteiger partial charge on any atom is 0.337 e. The van der Waals surface area contributed by atoms with Crippen LogP contribution in [0.1, 0.15) is 29.1 Å². The summed E-state index contributed by atoms with van der Waals surface area (Å²) in [5, 5.41) is 20.7. The molecule has 2 aromatic rings. The number of carboxylic acid groups (broad SMARTS) is 1. The van der Waals surface area contributed by atoms with E-state index in [9.17, 15) is 9.59 Å². The van der Waals surface area contributed by atoms with Crippen molar-refractivity contribution in [3.05, 3.63) is 40.9 Å². The molecule has 0 radical (unpaired) electrons. The maximum atomic E-state index is 11.9. The van der Waals surface area contributed by atoms with Gasteiger partial charge < -0.3 is 15.7 Å². The molecule has 0 saturated carbocycles. The molecular formula is C12H12ClN5O3. The van der Waals surface area contributed by atoms with Crippen molar-refractivity contribution >= 4 is 29.3 Å². The summed E-state index contributed by atoms with van der Waals surface area (Å²) in [5.74, 6) is -0.681. The van der Waals surface area contributed by atoms with Gasteiger partial charge in [-0.15, -0.1) is 0 Å². The number of nitrogens with zero attached hydrogens (tertiary/aromatic N) is 2. The van der Waals surface area contributed by atoms with E-state index in [2.05, 4.69) is 25.8 Å². The Labute approximate surface area is 124 Å². The molecule has 1 heterocycles. The molecule has 1 unspecified atom stereocenters. The van der Waals surface area contributed by atoms with E-state index in [0.717, 1.165) is 0 Å². The first-order valence-electron chi connectivity index (χ1n) is 5.93. The van der Waals surface area contributed by atoms with Gasteiger partial charge in [-0.05, 0) is 25.1 Å². The molecule has 0 aliphatic carbocycles. The topological polar surface area (TPSA) is 120 Å². The number of halogens is 1. The molecule has 1 atom stereocenters. The summed E-state index contributed by atoms with van der Waals surface area (Å²) in [5.41, 5.74) is 0.0548. The second-order valence-corrected chi connectivity index (χ2v) is 4.62. The molecule has 0 spiro atoms. The van der Waals surface area contributed by atoms with E-state index >= 15 is 0 Å². The average Bonchev–Trinajstić information content (AvgIpc) is 2.91. The molecule has 0 fully saturated rings. The van der Waals surface area contributed by atoms with Crippen molar-refractivity contribution in [2.24, 2.45) is 0 Å². The van der Waals surface area contributed by atoms with Crippen LogP contribution < -0.4 is 10.6 Å². The Bertz CT molecular complexity index is 659. The standard InChI is InChI=1S/C12H12ClN5O3/c1-6(10-14-5-15-18-10)16-12(21)17-9-4-7(13)2-3-8(9)11(19)20/h2-6H,1H3,(H,19,20)(H,14,15,18)(H2,16,17,21). The first-order valence-corrected chi connectivity index (χ1v) is 6.31. The number of aromatic carboxylic acids is 1. The lowest BCUT2D eigenvalue weighted by Gasteiger charge is -2.13. The highest BCUT2D eigenvalue weighted by Gasteiger charge is 2.15. The maximum absolute atomic E-state index is 11.9. The zero-order valence-corrected chi connectivity index (χ0v) is 11.7.